The minimum atomic E-state index is -1.30. The van der Waals surface area contributed by atoms with Gasteiger partial charge in [-0.25, -0.2) is 8.78 Å². The van der Waals surface area contributed by atoms with E-state index >= 15 is 8.78 Å². The second kappa shape index (κ2) is 13.1. The van der Waals surface area contributed by atoms with E-state index in [4.69, 9.17) is 16.1 Å². The standard InChI is InChI=1S/C41H46F2N6O3/c1-8-27-30(42)13-12-25-20-26(40(5,6)51)21-28(33(25)27)35-34(43)36-29(22-44-35)37(47(7)23-31-39(3,4)16-19-49(31)32(50)9-2)46-38(45-36)52-24-41-14-10-17-48(41)18-11-15-41/h1,9,12-13,20-22,31,51H,2,10-11,14-19,23-24H2,3-7H3/t31-/m1/s1. The molecule has 0 bridgehead atoms. The van der Waals surface area contributed by atoms with Crippen molar-refractivity contribution >= 4 is 33.4 Å². The van der Waals surface area contributed by atoms with Gasteiger partial charge in [0.15, 0.2) is 5.82 Å². The summed E-state index contributed by atoms with van der Waals surface area (Å²) in [5.74, 6) is 1.32. The van der Waals surface area contributed by atoms with Crippen molar-refractivity contribution in [2.45, 2.75) is 77.0 Å². The number of terminal acetylenes is 1. The number of aliphatic hydroxyl groups is 1. The Morgan fingerprint density at radius 3 is 2.58 bits per heavy atom. The number of anilines is 1. The number of likely N-dealkylation sites (N-methyl/N-ethyl adjacent to an activating group) is 1. The van der Waals surface area contributed by atoms with Crippen LogP contribution < -0.4 is 9.64 Å². The fraction of sp³-hybridized carbons (Fsp3) is 0.463. The maximum atomic E-state index is 17.3. The highest BCUT2D eigenvalue weighted by Crippen LogP contribution is 2.42. The number of ether oxygens (including phenoxy) is 1. The highest BCUT2D eigenvalue weighted by Gasteiger charge is 2.45. The Bertz CT molecular complexity index is 2130. The molecule has 52 heavy (non-hydrogen) atoms. The molecule has 11 heteroatoms. The van der Waals surface area contributed by atoms with Crippen LogP contribution in [0.15, 0.2) is 43.1 Å². The molecule has 3 aliphatic heterocycles. The molecule has 0 unspecified atom stereocenters. The number of likely N-dealkylation sites (tertiary alicyclic amines) is 1. The largest absolute Gasteiger partial charge is 0.461 e. The van der Waals surface area contributed by atoms with Crippen LogP contribution in [-0.2, 0) is 10.4 Å². The number of halogens is 2. The Labute approximate surface area is 303 Å². The lowest BCUT2D eigenvalue weighted by Crippen LogP contribution is -2.47. The first-order chi connectivity index (χ1) is 24.7. The summed E-state index contributed by atoms with van der Waals surface area (Å²) in [4.78, 5) is 33.3. The van der Waals surface area contributed by atoms with Gasteiger partial charge in [0, 0.05) is 37.3 Å². The van der Waals surface area contributed by atoms with Crippen molar-refractivity contribution in [3.05, 3.63) is 65.9 Å². The summed E-state index contributed by atoms with van der Waals surface area (Å²) < 4.78 is 38.8. The number of aromatic nitrogens is 3. The number of pyridine rings is 1. The maximum Gasteiger partial charge on any atom is 0.319 e. The molecule has 5 heterocycles. The van der Waals surface area contributed by atoms with E-state index in [1.54, 1.807) is 32.0 Å². The van der Waals surface area contributed by atoms with Gasteiger partial charge in [-0.3, -0.25) is 14.7 Å². The van der Waals surface area contributed by atoms with Crippen LogP contribution in [0.25, 0.3) is 32.9 Å². The zero-order valence-electron chi connectivity index (χ0n) is 30.6. The lowest BCUT2D eigenvalue weighted by molar-refractivity contribution is -0.127. The van der Waals surface area contributed by atoms with Crippen molar-refractivity contribution in [1.29, 1.82) is 0 Å². The molecule has 2 aromatic heterocycles. The summed E-state index contributed by atoms with van der Waals surface area (Å²) in [6.07, 6.45) is 13.7. The van der Waals surface area contributed by atoms with Gasteiger partial charge in [0.1, 0.15) is 29.5 Å². The average molecular weight is 709 g/mol. The van der Waals surface area contributed by atoms with Gasteiger partial charge in [-0.15, -0.1) is 6.42 Å². The number of hydrogen-bond donors (Lipinski definition) is 1. The number of fused-ring (bicyclic) bond motifs is 3. The number of benzene rings is 2. The Morgan fingerprint density at radius 1 is 1.17 bits per heavy atom. The van der Waals surface area contributed by atoms with Crippen LogP contribution in [0.1, 0.15) is 70.9 Å². The van der Waals surface area contributed by atoms with E-state index in [9.17, 15) is 9.90 Å². The topological polar surface area (TPSA) is 94.9 Å². The maximum absolute atomic E-state index is 17.3. The third-order valence-corrected chi connectivity index (χ3v) is 11.6. The molecular weight excluding hydrogens is 662 g/mol. The van der Waals surface area contributed by atoms with Crippen LogP contribution in [0, 0.1) is 29.4 Å². The summed E-state index contributed by atoms with van der Waals surface area (Å²) in [7, 11) is 1.86. The Hall–Kier alpha value is -4.66. The molecule has 9 nitrogen and oxygen atoms in total. The molecule has 0 radical (unpaired) electrons. The van der Waals surface area contributed by atoms with Crippen molar-refractivity contribution in [1.82, 2.24) is 24.8 Å². The second-order valence-corrected chi connectivity index (χ2v) is 15.8. The Balaban J connectivity index is 1.39. The lowest BCUT2D eigenvalue weighted by atomic mass is 9.84. The highest BCUT2D eigenvalue weighted by atomic mass is 19.1. The van der Waals surface area contributed by atoms with Crippen LogP contribution in [0.4, 0.5) is 14.6 Å². The minimum absolute atomic E-state index is 0.0192. The van der Waals surface area contributed by atoms with E-state index in [1.807, 2.05) is 16.8 Å². The van der Waals surface area contributed by atoms with E-state index in [2.05, 4.69) is 41.2 Å². The summed E-state index contributed by atoms with van der Waals surface area (Å²) in [5.41, 5.74) is -1.04. The fourth-order valence-electron chi connectivity index (χ4n) is 8.57. The fourth-order valence-corrected chi connectivity index (χ4v) is 8.57. The lowest BCUT2D eigenvalue weighted by Gasteiger charge is -2.36. The van der Waals surface area contributed by atoms with E-state index in [0.29, 0.717) is 47.2 Å². The normalized spacial score (nSPS) is 19.6. The molecule has 4 aromatic rings. The van der Waals surface area contributed by atoms with Crippen molar-refractivity contribution < 1.29 is 23.4 Å². The van der Waals surface area contributed by atoms with E-state index in [1.165, 1.54) is 18.3 Å². The van der Waals surface area contributed by atoms with Crippen molar-refractivity contribution in [3.8, 4) is 29.6 Å². The SMILES string of the molecule is C#Cc1c(F)ccc2cc(C(C)(C)O)cc(-c3ncc4c(N(C)C[C@H]5N(C(=O)C=C)CCC5(C)C)nc(OCC56CCCN5CCC6)nc4c3F)c12. The number of carbonyl (C=O) groups excluding carboxylic acids is 1. The van der Waals surface area contributed by atoms with Crippen molar-refractivity contribution in [2.75, 3.05) is 44.7 Å². The van der Waals surface area contributed by atoms with Crippen molar-refractivity contribution in [2.24, 2.45) is 5.41 Å². The molecule has 3 aliphatic rings. The molecule has 3 saturated heterocycles. The van der Waals surface area contributed by atoms with Crippen LogP contribution >= 0.6 is 0 Å². The van der Waals surface area contributed by atoms with Crippen LogP contribution in [0.5, 0.6) is 6.01 Å². The number of rotatable bonds is 9. The van der Waals surface area contributed by atoms with E-state index in [-0.39, 0.29) is 51.3 Å². The van der Waals surface area contributed by atoms with Gasteiger partial charge in [-0.1, -0.05) is 32.4 Å². The quantitative estimate of drug-likeness (QED) is 0.154. The predicted octanol–water partition coefficient (Wildman–Crippen LogP) is 6.59. The molecule has 2 aromatic carbocycles. The summed E-state index contributed by atoms with van der Waals surface area (Å²) >= 11 is 0. The number of carbonyl (C=O) groups is 1. The molecule has 1 amide bonds. The highest BCUT2D eigenvalue weighted by molar-refractivity contribution is 6.02. The Kier molecular flexibility index (Phi) is 8.99. The Morgan fingerprint density at radius 2 is 1.90 bits per heavy atom. The summed E-state index contributed by atoms with van der Waals surface area (Å²) in [6, 6.07) is 6.01. The zero-order chi connectivity index (χ0) is 37.2. The monoisotopic (exact) mass is 708 g/mol. The van der Waals surface area contributed by atoms with Crippen LogP contribution in [-0.4, -0.2) is 87.2 Å². The van der Waals surface area contributed by atoms with E-state index in [0.717, 1.165) is 45.2 Å². The third kappa shape index (κ3) is 6.05. The molecule has 272 valence electrons. The molecule has 1 atom stereocenters. The first-order valence-electron chi connectivity index (χ1n) is 18.0. The van der Waals surface area contributed by atoms with Crippen LogP contribution in [0.3, 0.4) is 0 Å². The molecule has 3 fully saturated rings. The predicted molar refractivity (Wildman–Crippen MR) is 199 cm³/mol. The first-order valence-corrected chi connectivity index (χ1v) is 18.0. The van der Waals surface area contributed by atoms with Gasteiger partial charge >= 0.3 is 6.01 Å². The third-order valence-electron chi connectivity index (χ3n) is 11.6. The van der Waals surface area contributed by atoms with Crippen LogP contribution in [0.2, 0.25) is 0 Å². The van der Waals surface area contributed by atoms with Gasteiger partial charge in [0.25, 0.3) is 0 Å². The molecule has 0 aliphatic carbocycles. The van der Waals surface area contributed by atoms with Gasteiger partial charge in [-0.2, -0.15) is 9.97 Å². The zero-order valence-corrected chi connectivity index (χ0v) is 30.6. The van der Waals surface area contributed by atoms with Gasteiger partial charge in [0.05, 0.1) is 28.1 Å². The number of hydrogen-bond acceptors (Lipinski definition) is 8. The molecule has 0 spiro atoms. The minimum Gasteiger partial charge on any atom is -0.461 e. The molecule has 1 N–H and O–H groups in total. The number of nitrogens with zero attached hydrogens (tertiary/aromatic N) is 6. The van der Waals surface area contributed by atoms with E-state index < -0.39 is 17.2 Å². The number of amides is 1. The first kappa shape index (κ1) is 35.7. The molecule has 0 saturated carbocycles. The van der Waals surface area contributed by atoms with Crippen molar-refractivity contribution in [3.63, 3.8) is 0 Å². The second-order valence-electron chi connectivity index (χ2n) is 15.8. The van der Waals surface area contributed by atoms with Gasteiger partial charge in [0.2, 0.25) is 5.91 Å². The van der Waals surface area contributed by atoms with Gasteiger partial charge in [-0.05, 0) is 99.7 Å². The smallest absolute Gasteiger partial charge is 0.319 e. The average Bonchev–Trinajstić information content (AvgIpc) is 3.78. The summed E-state index contributed by atoms with van der Waals surface area (Å²) in [6.45, 7) is 14.7. The van der Waals surface area contributed by atoms with Gasteiger partial charge < -0.3 is 19.6 Å². The molecule has 7 rings (SSSR count). The summed E-state index contributed by atoms with van der Waals surface area (Å²) in [5, 5.41) is 12.2. The molecular formula is C41H46F2N6O3.